The fourth-order valence-electron chi connectivity index (χ4n) is 2.03. The highest BCUT2D eigenvalue weighted by molar-refractivity contribution is 9.10. The van der Waals surface area contributed by atoms with Gasteiger partial charge in [0.2, 0.25) is 5.91 Å². The summed E-state index contributed by atoms with van der Waals surface area (Å²) in [6.45, 7) is 0. The molecule has 1 amide bonds. The van der Waals surface area contributed by atoms with Crippen molar-refractivity contribution in [3.63, 3.8) is 0 Å². The molecule has 0 heterocycles. The van der Waals surface area contributed by atoms with Gasteiger partial charge in [-0.25, -0.2) is 5.43 Å². The largest absolute Gasteiger partial charge is 0.496 e. The molecule has 0 aromatic heterocycles. The monoisotopic (exact) mass is 391 g/mol. The lowest BCUT2D eigenvalue weighted by Gasteiger charge is -2.05. The molecule has 0 aliphatic rings. The predicted octanol–water partition coefficient (Wildman–Crippen LogP) is 3.06. The number of hydrogen-bond acceptors (Lipinski definition) is 5. The van der Waals surface area contributed by atoms with Crippen molar-refractivity contribution < 1.29 is 14.5 Å². The number of carbonyl (C=O) groups excluding carboxylic acids is 1. The molecule has 124 valence electrons. The minimum atomic E-state index is -0.516. The molecule has 24 heavy (non-hydrogen) atoms. The number of rotatable bonds is 6. The zero-order chi connectivity index (χ0) is 17.5. The summed E-state index contributed by atoms with van der Waals surface area (Å²) in [6, 6.07) is 11.5. The van der Waals surface area contributed by atoms with Crippen LogP contribution < -0.4 is 10.2 Å². The second-order valence-electron chi connectivity index (χ2n) is 4.74. The first-order chi connectivity index (χ1) is 11.5. The standard InChI is InChI=1S/C16H14BrN3O4/c1-24-15-7-6-13(17)8-12(15)10-18-19-16(21)9-11-4-2-3-5-14(11)20(22)23/h2-8,10H,9H2,1H3,(H,19,21)/b18-10+. The van der Waals surface area contributed by atoms with Gasteiger partial charge in [-0.1, -0.05) is 34.1 Å². The van der Waals surface area contributed by atoms with Crippen molar-refractivity contribution in [1.29, 1.82) is 0 Å². The second kappa shape index (κ2) is 8.21. The first-order valence-electron chi connectivity index (χ1n) is 6.89. The summed E-state index contributed by atoms with van der Waals surface area (Å²) in [4.78, 5) is 22.3. The summed E-state index contributed by atoms with van der Waals surface area (Å²) in [5.74, 6) is 0.157. The maximum absolute atomic E-state index is 11.9. The lowest BCUT2D eigenvalue weighted by Crippen LogP contribution is -2.20. The van der Waals surface area contributed by atoms with Crippen LogP contribution in [0.2, 0.25) is 0 Å². The van der Waals surface area contributed by atoms with Gasteiger partial charge < -0.3 is 4.74 Å². The number of halogens is 1. The Labute approximate surface area is 146 Å². The van der Waals surface area contributed by atoms with E-state index in [0.717, 1.165) is 4.47 Å². The van der Waals surface area contributed by atoms with Gasteiger partial charge in [-0.2, -0.15) is 5.10 Å². The molecule has 0 fully saturated rings. The van der Waals surface area contributed by atoms with E-state index >= 15 is 0 Å². The first-order valence-corrected chi connectivity index (χ1v) is 7.68. The summed E-state index contributed by atoms with van der Waals surface area (Å²) >= 11 is 3.34. The van der Waals surface area contributed by atoms with Gasteiger partial charge in [0.25, 0.3) is 5.69 Å². The molecule has 0 spiro atoms. The number of benzene rings is 2. The summed E-state index contributed by atoms with van der Waals surface area (Å²) in [7, 11) is 1.54. The Bertz CT molecular complexity index is 793. The highest BCUT2D eigenvalue weighted by Gasteiger charge is 2.15. The van der Waals surface area contributed by atoms with Gasteiger partial charge in [0.1, 0.15) is 5.75 Å². The Morgan fingerprint density at radius 2 is 2.12 bits per heavy atom. The number of ether oxygens (including phenoxy) is 1. The third-order valence-electron chi connectivity index (χ3n) is 3.12. The van der Waals surface area contributed by atoms with E-state index in [9.17, 15) is 14.9 Å². The summed E-state index contributed by atoms with van der Waals surface area (Å²) in [5, 5.41) is 14.8. The first kappa shape index (κ1) is 17.6. The molecule has 1 N–H and O–H groups in total. The molecular formula is C16H14BrN3O4. The van der Waals surface area contributed by atoms with Crippen molar-refractivity contribution in [3.8, 4) is 5.75 Å². The van der Waals surface area contributed by atoms with Crippen molar-refractivity contribution in [3.05, 3.63) is 68.2 Å². The molecule has 0 saturated heterocycles. The van der Waals surface area contributed by atoms with Crippen LogP contribution in [-0.2, 0) is 11.2 Å². The van der Waals surface area contributed by atoms with Gasteiger partial charge in [0.15, 0.2) is 0 Å². The molecule has 7 nitrogen and oxygen atoms in total. The second-order valence-corrected chi connectivity index (χ2v) is 5.66. The molecule has 0 saturated carbocycles. The van der Waals surface area contributed by atoms with Gasteiger partial charge in [-0.15, -0.1) is 0 Å². The quantitative estimate of drug-likeness (QED) is 0.465. The Morgan fingerprint density at radius 1 is 1.38 bits per heavy atom. The van der Waals surface area contributed by atoms with E-state index < -0.39 is 10.8 Å². The molecule has 2 aromatic carbocycles. The van der Waals surface area contributed by atoms with E-state index in [2.05, 4.69) is 26.5 Å². The molecule has 0 aliphatic carbocycles. The number of nitrogens with zero attached hydrogens (tertiary/aromatic N) is 2. The van der Waals surface area contributed by atoms with Crippen LogP contribution >= 0.6 is 15.9 Å². The van der Waals surface area contributed by atoms with Crippen LogP contribution in [0, 0.1) is 10.1 Å². The number of hydrogen-bond donors (Lipinski definition) is 1. The maximum Gasteiger partial charge on any atom is 0.273 e. The third kappa shape index (κ3) is 4.63. The molecule has 8 heteroatoms. The summed E-state index contributed by atoms with van der Waals surface area (Å²) < 4.78 is 6.04. The summed E-state index contributed by atoms with van der Waals surface area (Å²) in [6.07, 6.45) is 1.31. The van der Waals surface area contributed by atoms with Crippen molar-refractivity contribution in [2.24, 2.45) is 5.10 Å². The van der Waals surface area contributed by atoms with Gasteiger partial charge >= 0.3 is 0 Å². The third-order valence-corrected chi connectivity index (χ3v) is 3.62. The number of hydrazone groups is 1. The van der Waals surface area contributed by atoms with Crippen LogP contribution in [-0.4, -0.2) is 24.2 Å². The molecule has 0 aliphatic heterocycles. The van der Waals surface area contributed by atoms with Crippen LogP contribution in [0.25, 0.3) is 0 Å². The van der Waals surface area contributed by atoms with Crippen LogP contribution in [0.1, 0.15) is 11.1 Å². The average Bonchev–Trinajstić information content (AvgIpc) is 2.55. The minimum absolute atomic E-state index is 0.0923. The van der Waals surface area contributed by atoms with Crippen molar-refractivity contribution >= 4 is 33.7 Å². The smallest absolute Gasteiger partial charge is 0.273 e. The van der Waals surface area contributed by atoms with Crippen LogP contribution in [0.15, 0.2) is 52.0 Å². The van der Waals surface area contributed by atoms with E-state index in [1.807, 2.05) is 6.07 Å². The topological polar surface area (TPSA) is 93.8 Å². The molecule has 2 aromatic rings. The number of nitrogens with one attached hydrogen (secondary N) is 1. The minimum Gasteiger partial charge on any atom is -0.496 e. The highest BCUT2D eigenvalue weighted by atomic mass is 79.9. The highest BCUT2D eigenvalue weighted by Crippen LogP contribution is 2.21. The predicted molar refractivity (Wildman–Crippen MR) is 93.2 cm³/mol. The average molecular weight is 392 g/mol. The SMILES string of the molecule is COc1ccc(Br)cc1/C=N/NC(=O)Cc1ccccc1[N+](=O)[O-]. The van der Waals surface area contributed by atoms with Gasteiger partial charge in [-0.3, -0.25) is 14.9 Å². The number of para-hydroxylation sites is 1. The van der Waals surface area contributed by atoms with Gasteiger partial charge in [0.05, 0.1) is 24.7 Å². The van der Waals surface area contributed by atoms with Crippen molar-refractivity contribution in [1.82, 2.24) is 5.43 Å². The normalized spacial score (nSPS) is 10.6. The Hall–Kier alpha value is -2.74. The number of nitro benzene ring substituents is 1. The molecule has 0 radical (unpaired) electrons. The van der Waals surface area contributed by atoms with E-state index in [4.69, 9.17) is 4.74 Å². The number of nitro groups is 1. The van der Waals surface area contributed by atoms with Crippen LogP contribution in [0.3, 0.4) is 0 Å². The fourth-order valence-corrected chi connectivity index (χ4v) is 2.41. The molecular weight excluding hydrogens is 378 g/mol. The zero-order valence-electron chi connectivity index (χ0n) is 12.7. The Balaban J connectivity index is 2.04. The molecule has 0 unspecified atom stereocenters. The number of methoxy groups -OCH3 is 1. The van der Waals surface area contributed by atoms with E-state index in [1.165, 1.54) is 19.4 Å². The maximum atomic E-state index is 11.9. The molecule has 2 rings (SSSR count). The Kier molecular flexibility index (Phi) is 6.02. The van der Waals surface area contributed by atoms with E-state index in [0.29, 0.717) is 16.9 Å². The summed E-state index contributed by atoms with van der Waals surface area (Å²) in [5.41, 5.74) is 3.27. The number of amides is 1. The zero-order valence-corrected chi connectivity index (χ0v) is 14.3. The molecule has 0 atom stereocenters. The Morgan fingerprint density at radius 3 is 2.83 bits per heavy atom. The van der Waals surface area contributed by atoms with Gasteiger partial charge in [0, 0.05) is 21.7 Å². The van der Waals surface area contributed by atoms with E-state index in [1.54, 1.807) is 30.3 Å². The fraction of sp³-hybridized carbons (Fsp3) is 0.125. The lowest BCUT2D eigenvalue weighted by atomic mass is 10.1. The van der Waals surface area contributed by atoms with E-state index in [-0.39, 0.29) is 12.1 Å². The van der Waals surface area contributed by atoms with Crippen LogP contribution in [0.5, 0.6) is 5.75 Å². The number of carbonyl (C=O) groups is 1. The van der Waals surface area contributed by atoms with Crippen molar-refractivity contribution in [2.75, 3.05) is 7.11 Å². The lowest BCUT2D eigenvalue weighted by molar-refractivity contribution is -0.385. The van der Waals surface area contributed by atoms with Crippen LogP contribution in [0.4, 0.5) is 5.69 Å². The van der Waals surface area contributed by atoms with Gasteiger partial charge in [-0.05, 0) is 18.2 Å². The molecule has 0 bridgehead atoms. The van der Waals surface area contributed by atoms with Crippen molar-refractivity contribution in [2.45, 2.75) is 6.42 Å².